The minimum absolute atomic E-state index is 0.253. The van der Waals surface area contributed by atoms with E-state index in [1.165, 1.54) is 20.4 Å². The monoisotopic (exact) mass is 294 g/mol. The van der Waals surface area contributed by atoms with Gasteiger partial charge in [0, 0.05) is 18.8 Å². The Morgan fingerprint density at radius 1 is 1.39 bits per heavy atom. The van der Waals surface area contributed by atoms with Crippen molar-refractivity contribution in [2.45, 2.75) is 37.6 Å². The van der Waals surface area contributed by atoms with Gasteiger partial charge in [-0.05, 0) is 19.3 Å². The number of carbonyl (C=O) groups is 1. The summed E-state index contributed by atoms with van der Waals surface area (Å²) in [7, 11) is -3.63. The van der Waals surface area contributed by atoms with Crippen LogP contribution >= 0.6 is 11.8 Å². The summed E-state index contributed by atoms with van der Waals surface area (Å²) in [5.41, 5.74) is 0. The van der Waals surface area contributed by atoms with Gasteiger partial charge < -0.3 is 5.11 Å². The lowest BCUT2D eigenvalue weighted by Crippen LogP contribution is -2.51. The lowest BCUT2D eigenvalue weighted by atomic mass is 10.3. The van der Waals surface area contributed by atoms with E-state index in [0.717, 1.165) is 12.8 Å². The molecule has 0 spiro atoms. The molecule has 0 bridgehead atoms. The first kappa shape index (κ1) is 14.1. The highest BCUT2D eigenvalue weighted by Gasteiger charge is 2.47. The van der Waals surface area contributed by atoms with Crippen LogP contribution in [0.1, 0.15) is 26.2 Å². The van der Waals surface area contributed by atoms with Gasteiger partial charge in [0.05, 0.1) is 5.37 Å². The van der Waals surface area contributed by atoms with E-state index in [1.807, 2.05) is 6.92 Å². The van der Waals surface area contributed by atoms with Crippen molar-refractivity contribution in [1.29, 1.82) is 0 Å². The number of carboxylic acid groups (broad SMARTS) is 1. The third-order valence-electron chi connectivity index (χ3n) is 3.33. The molecule has 2 heterocycles. The summed E-state index contributed by atoms with van der Waals surface area (Å²) >= 11 is 1.41. The normalized spacial score (nSPS) is 30.9. The van der Waals surface area contributed by atoms with Gasteiger partial charge in [0.15, 0.2) is 0 Å². The van der Waals surface area contributed by atoms with Crippen molar-refractivity contribution in [2.24, 2.45) is 0 Å². The molecule has 8 heteroatoms. The van der Waals surface area contributed by atoms with Crippen LogP contribution in [0.3, 0.4) is 0 Å². The van der Waals surface area contributed by atoms with Crippen molar-refractivity contribution in [1.82, 2.24) is 8.61 Å². The molecule has 18 heavy (non-hydrogen) atoms. The van der Waals surface area contributed by atoms with Crippen LogP contribution in [0.2, 0.25) is 0 Å². The predicted molar refractivity (Wildman–Crippen MR) is 69.5 cm³/mol. The van der Waals surface area contributed by atoms with Gasteiger partial charge in [-0.3, -0.25) is 4.79 Å². The van der Waals surface area contributed by atoms with E-state index in [-0.39, 0.29) is 5.37 Å². The van der Waals surface area contributed by atoms with Gasteiger partial charge in [-0.25, -0.2) is 0 Å². The minimum atomic E-state index is -3.63. The zero-order valence-electron chi connectivity index (χ0n) is 10.3. The highest BCUT2D eigenvalue weighted by Crippen LogP contribution is 2.35. The second-order valence-electron chi connectivity index (χ2n) is 4.49. The second kappa shape index (κ2) is 5.36. The fraction of sp³-hybridized carbons (Fsp3) is 0.900. The van der Waals surface area contributed by atoms with Gasteiger partial charge in [-0.15, -0.1) is 11.8 Å². The highest BCUT2D eigenvalue weighted by atomic mass is 32.2. The van der Waals surface area contributed by atoms with E-state index < -0.39 is 22.2 Å². The molecule has 2 saturated heterocycles. The largest absolute Gasteiger partial charge is 0.480 e. The van der Waals surface area contributed by atoms with E-state index in [0.29, 0.717) is 25.3 Å². The fourth-order valence-corrected chi connectivity index (χ4v) is 6.15. The first-order valence-electron chi connectivity index (χ1n) is 6.11. The Morgan fingerprint density at radius 2 is 2.00 bits per heavy atom. The average Bonchev–Trinajstić information content (AvgIpc) is 2.98. The van der Waals surface area contributed by atoms with Crippen LogP contribution in [-0.4, -0.2) is 58.4 Å². The molecule has 104 valence electrons. The van der Waals surface area contributed by atoms with Gasteiger partial charge >= 0.3 is 5.97 Å². The Hall–Kier alpha value is -0.310. The molecule has 2 rings (SSSR count). The molecule has 0 aromatic rings. The Labute approximate surface area is 112 Å². The lowest BCUT2D eigenvalue weighted by Gasteiger charge is -2.29. The van der Waals surface area contributed by atoms with Crippen molar-refractivity contribution >= 4 is 27.9 Å². The molecular weight excluding hydrogens is 276 g/mol. The summed E-state index contributed by atoms with van der Waals surface area (Å²) in [6.45, 7) is 2.90. The summed E-state index contributed by atoms with van der Waals surface area (Å²) < 4.78 is 27.6. The topological polar surface area (TPSA) is 77.9 Å². The number of aliphatic carboxylic acids is 1. The molecule has 0 radical (unpaired) electrons. The first-order chi connectivity index (χ1) is 8.48. The van der Waals surface area contributed by atoms with E-state index >= 15 is 0 Å². The fourth-order valence-electron chi connectivity index (χ4n) is 2.39. The van der Waals surface area contributed by atoms with E-state index in [9.17, 15) is 13.2 Å². The number of carboxylic acids is 1. The van der Waals surface area contributed by atoms with Gasteiger partial charge in [-0.2, -0.15) is 17.0 Å². The van der Waals surface area contributed by atoms with Gasteiger partial charge in [0.2, 0.25) is 0 Å². The number of hydrogen-bond acceptors (Lipinski definition) is 4. The molecular formula is C10H18N2O4S2. The molecule has 1 N–H and O–H groups in total. The Kier molecular flexibility index (Phi) is 4.20. The molecule has 0 aliphatic carbocycles. The lowest BCUT2D eigenvalue weighted by molar-refractivity contribution is -0.140. The number of rotatable bonds is 4. The van der Waals surface area contributed by atoms with Crippen LogP contribution < -0.4 is 0 Å². The van der Waals surface area contributed by atoms with Crippen LogP contribution in [0.4, 0.5) is 0 Å². The standard InChI is InChI=1S/C10H18N2O4S2/c1-2-9-12(8(7-17-9)10(13)14)18(15,16)11-5-3-4-6-11/h8-9H,2-7H2,1H3,(H,13,14). The molecule has 0 amide bonds. The summed E-state index contributed by atoms with van der Waals surface area (Å²) in [5.74, 6) is -0.720. The molecule has 0 aromatic heterocycles. The van der Waals surface area contributed by atoms with Gasteiger partial charge in [0.1, 0.15) is 6.04 Å². The number of hydrogen-bond donors (Lipinski definition) is 1. The van der Waals surface area contributed by atoms with Crippen molar-refractivity contribution in [2.75, 3.05) is 18.8 Å². The number of nitrogens with zero attached hydrogens (tertiary/aromatic N) is 2. The van der Waals surface area contributed by atoms with E-state index in [1.54, 1.807) is 0 Å². The van der Waals surface area contributed by atoms with Crippen LogP contribution in [0.5, 0.6) is 0 Å². The summed E-state index contributed by atoms with van der Waals surface area (Å²) in [6, 6.07) is -0.925. The summed E-state index contributed by atoms with van der Waals surface area (Å²) in [6.07, 6.45) is 2.34. The smallest absolute Gasteiger partial charge is 0.322 e. The highest BCUT2D eigenvalue weighted by molar-refractivity contribution is 8.01. The molecule has 0 aromatic carbocycles. The average molecular weight is 294 g/mol. The van der Waals surface area contributed by atoms with Crippen LogP contribution in [0.15, 0.2) is 0 Å². The van der Waals surface area contributed by atoms with Crippen molar-refractivity contribution in [3.63, 3.8) is 0 Å². The Bertz CT molecular complexity index is 420. The molecule has 0 saturated carbocycles. The Balaban J connectivity index is 2.28. The zero-order chi connectivity index (χ0) is 13.3. The minimum Gasteiger partial charge on any atom is -0.480 e. The zero-order valence-corrected chi connectivity index (χ0v) is 11.9. The quantitative estimate of drug-likeness (QED) is 0.820. The van der Waals surface area contributed by atoms with Gasteiger partial charge in [0.25, 0.3) is 10.2 Å². The van der Waals surface area contributed by atoms with Crippen LogP contribution in [0, 0.1) is 0 Å². The SMILES string of the molecule is CCC1SCC(C(=O)O)N1S(=O)(=O)N1CCCC1. The predicted octanol–water partition coefficient (Wildman–Crippen LogP) is 0.565. The molecule has 2 unspecified atom stereocenters. The molecule has 6 nitrogen and oxygen atoms in total. The maximum Gasteiger partial charge on any atom is 0.322 e. The Morgan fingerprint density at radius 3 is 2.50 bits per heavy atom. The third-order valence-corrected chi connectivity index (χ3v) is 6.98. The van der Waals surface area contributed by atoms with E-state index in [4.69, 9.17) is 5.11 Å². The van der Waals surface area contributed by atoms with Crippen LogP contribution in [-0.2, 0) is 15.0 Å². The first-order valence-corrected chi connectivity index (χ1v) is 8.56. The van der Waals surface area contributed by atoms with Crippen LogP contribution in [0.25, 0.3) is 0 Å². The summed E-state index contributed by atoms with van der Waals surface area (Å²) in [5, 5.41) is 8.91. The maximum absolute atomic E-state index is 12.5. The molecule has 2 aliphatic rings. The maximum atomic E-state index is 12.5. The van der Waals surface area contributed by atoms with Crippen molar-refractivity contribution < 1.29 is 18.3 Å². The third kappa shape index (κ3) is 2.38. The van der Waals surface area contributed by atoms with Gasteiger partial charge in [-0.1, -0.05) is 6.92 Å². The second-order valence-corrected chi connectivity index (χ2v) is 7.54. The molecule has 2 atom stereocenters. The number of thioether (sulfide) groups is 1. The van der Waals surface area contributed by atoms with Crippen molar-refractivity contribution in [3.8, 4) is 0 Å². The van der Waals surface area contributed by atoms with E-state index in [2.05, 4.69) is 0 Å². The molecule has 2 fully saturated rings. The van der Waals surface area contributed by atoms with Crippen molar-refractivity contribution in [3.05, 3.63) is 0 Å². The molecule has 2 aliphatic heterocycles. The summed E-state index contributed by atoms with van der Waals surface area (Å²) in [4.78, 5) is 11.2.